The van der Waals surface area contributed by atoms with Crippen LogP contribution < -0.4 is 5.32 Å². The van der Waals surface area contributed by atoms with Crippen molar-refractivity contribution in [3.05, 3.63) is 60.8 Å². The number of carbonyl (C=O) groups is 1. The summed E-state index contributed by atoms with van der Waals surface area (Å²) >= 11 is 0. The summed E-state index contributed by atoms with van der Waals surface area (Å²) in [4.78, 5) is 12.5. The van der Waals surface area contributed by atoms with Crippen molar-refractivity contribution in [2.24, 2.45) is 0 Å². The molecule has 4 atom stereocenters. The van der Waals surface area contributed by atoms with Gasteiger partial charge in [-0.2, -0.15) is 0 Å². The summed E-state index contributed by atoms with van der Waals surface area (Å²) < 4.78 is 0. The molecule has 0 aromatic rings. The largest absolute Gasteiger partial charge is 0.394 e. The molecule has 0 aromatic heterocycles. The fourth-order valence-electron chi connectivity index (χ4n) is 7.25. The van der Waals surface area contributed by atoms with Gasteiger partial charge in [-0.15, -0.1) is 0 Å². The van der Waals surface area contributed by atoms with E-state index >= 15 is 0 Å². The van der Waals surface area contributed by atoms with E-state index in [-0.39, 0.29) is 0 Å². The van der Waals surface area contributed by atoms with E-state index in [9.17, 15) is 25.2 Å². The Morgan fingerprint density at radius 1 is 0.431 bits per heavy atom. The van der Waals surface area contributed by atoms with Crippen LogP contribution in [0.15, 0.2) is 60.8 Å². The van der Waals surface area contributed by atoms with Crippen molar-refractivity contribution in [1.29, 1.82) is 0 Å². The summed E-state index contributed by atoms with van der Waals surface area (Å²) in [5.41, 5.74) is 0. The van der Waals surface area contributed by atoms with Gasteiger partial charge in [-0.1, -0.05) is 203 Å². The highest BCUT2D eigenvalue weighted by atomic mass is 16.3. The van der Waals surface area contributed by atoms with E-state index in [1.54, 1.807) is 0 Å². The second-order valence-electron chi connectivity index (χ2n) is 16.8. The van der Waals surface area contributed by atoms with Crippen LogP contribution in [0.2, 0.25) is 0 Å². The maximum atomic E-state index is 12.5. The first-order valence-corrected chi connectivity index (χ1v) is 24.7. The molecule has 0 aliphatic carbocycles. The van der Waals surface area contributed by atoms with E-state index in [1.165, 1.54) is 141 Å². The lowest BCUT2D eigenvalue weighted by atomic mass is 10.00. The van der Waals surface area contributed by atoms with Gasteiger partial charge >= 0.3 is 0 Å². The van der Waals surface area contributed by atoms with Crippen molar-refractivity contribution in [3.63, 3.8) is 0 Å². The molecule has 0 aromatic carbocycles. The lowest BCUT2D eigenvalue weighted by Gasteiger charge is -2.27. The number of rotatable bonds is 44. The first-order chi connectivity index (χ1) is 28.5. The van der Waals surface area contributed by atoms with Crippen molar-refractivity contribution >= 4 is 5.91 Å². The highest BCUT2D eigenvalue weighted by Crippen LogP contribution is 2.15. The number of allylic oxidation sites excluding steroid dienone is 10. The van der Waals surface area contributed by atoms with Crippen LogP contribution in [-0.4, -0.2) is 57.3 Å². The fraction of sp³-hybridized carbons (Fsp3) is 0.788. The molecule has 0 saturated carbocycles. The Morgan fingerprint density at radius 2 is 0.776 bits per heavy atom. The summed E-state index contributed by atoms with van der Waals surface area (Å²) in [5.74, 6) is -0.605. The summed E-state index contributed by atoms with van der Waals surface area (Å²) in [6, 6.07) is -1.02. The number of carbonyl (C=O) groups excluding carboxylic acids is 1. The molecule has 0 bridgehead atoms. The van der Waals surface area contributed by atoms with Gasteiger partial charge in [0.1, 0.15) is 12.2 Å². The van der Waals surface area contributed by atoms with E-state index in [0.717, 1.165) is 57.8 Å². The monoisotopic (exact) mass is 814 g/mol. The quantitative estimate of drug-likeness (QED) is 0.0239. The summed E-state index contributed by atoms with van der Waals surface area (Å²) in [7, 11) is 0. The van der Waals surface area contributed by atoms with Gasteiger partial charge in [0.05, 0.1) is 18.8 Å². The van der Waals surface area contributed by atoms with Crippen LogP contribution in [0, 0.1) is 0 Å². The maximum Gasteiger partial charge on any atom is 0.249 e. The van der Waals surface area contributed by atoms with Gasteiger partial charge in [0, 0.05) is 0 Å². The molecule has 5 N–H and O–H groups in total. The molecule has 0 aliphatic heterocycles. The molecule has 4 unspecified atom stereocenters. The molecule has 338 valence electrons. The lowest BCUT2D eigenvalue weighted by Crippen LogP contribution is -2.53. The Morgan fingerprint density at radius 3 is 1.22 bits per heavy atom. The molecule has 6 heteroatoms. The van der Waals surface area contributed by atoms with E-state index in [4.69, 9.17) is 0 Å². The predicted octanol–water partition coefficient (Wildman–Crippen LogP) is 13.6. The van der Waals surface area contributed by atoms with Gasteiger partial charge in [-0.3, -0.25) is 4.79 Å². The molecule has 6 nitrogen and oxygen atoms in total. The van der Waals surface area contributed by atoms with Crippen LogP contribution in [-0.2, 0) is 4.79 Å². The Bertz CT molecular complexity index is 1000. The van der Waals surface area contributed by atoms with Gasteiger partial charge in [-0.25, -0.2) is 0 Å². The minimum atomic E-state index is -1.30. The number of unbranched alkanes of at least 4 members (excludes halogenated alkanes) is 26. The normalized spacial score (nSPS) is 14.5. The van der Waals surface area contributed by atoms with Gasteiger partial charge in [0.25, 0.3) is 0 Å². The Labute approximate surface area is 359 Å². The standard InChI is InChI=1S/C52H95NO5/c1-3-5-7-9-11-13-15-17-19-21-23-24-25-26-27-28-30-31-33-35-37-39-41-43-45-49(55)51(57)48(47-54)53-52(58)50(56)46-44-42-40-38-36-34-32-29-22-20-18-16-14-12-10-8-6-4-2/h12,14,16,18,25-26,30-31,37,39,48-51,54-57H,3-11,13,15,17,19-24,27-29,32-36,38,40-47H2,1-2H3,(H,53,58)/b14-12-,18-16-,26-25+,31-30+,39-37+. The van der Waals surface area contributed by atoms with Crippen LogP contribution in [0.25, 0.3) is 0 Å². The Hall–Kier alpha value is -1.99. The highest BCUT2D eigenvalue weighted by Gasteiger charge is 2.28. The second kappa shape index (κ2) is 46.1. The SMILES string of the molecule is CCCCC/C=C\C=C/CCCCCCCCCCCC(O)C(=O)NC(CO)C(O)C(O)CCC/C=C/CC/C=C/CC/C=C/CCCCCCCCCCCCC. The third-order valence-electron chi connectivity index (χ3n) is 11.2. The van der Waals surface area contributed by atoms with E-state index < -0.39 is 36.9 Å². The van der Waals surface area contributed by atoms with Crippen molar-refractivity contribution in [1.82, 2.24) is 5.32 Å². The molecule has 0 fully saturated rings. The number of aliphatic hydroxyl groups excluding tert-OH is 4. The van der Waals surface area contributed by atoms with Crippen molar-refractivity contribution < 1.29 is 25.2 Å². The number of nitrogens with one attached hydrogen (secondary N) is 1. The zero-order chi connectivity index (χ0) is 42.4. The van der Waals surface area contributed by atoms with E-state index in [0.29, 0.717) is 19.3 Å². The van der Waals surface area contributed by atoms with Crippen molar-refractivity contribution in [2.45, 2.75) is 257 Å². The first-order valence-electron chi connectivity index (χ1n) is 24.7. The van der Waals surface area contributed by atoms with Crippen molar-refractivity contribution in [3.8, 4) is 0 Å². The number of hydrogen-bond acceptors (Lipinski definition) is 5. The van der Waals surface area contributed by atoms with Crippen LogP contribution in [0.5, 0.6) is 0 Å². The molecule has 58 heavy (non-hydrogen) atoms. The molecule has 0 rings (SSSR count). The smallest absolute Gasteiger partial charge is 0.249 e. The average molecular weight is 814 g/mol. The third kappa shape index (κ3) is 39.5. The number of amides is 1. The molecular formula is C52H95NO5. The zero-order valence-electron chi connectivity index (χ0n) is 38.0. The molecule has 0 heterocycles. The minimum absolute atomic E-state index is 0.350. The first kappa shape index (κ1) is 56.0. The average Bonchev–Trinajstić information content (AvgIpc) is 3.23. The molecule has 0 spiro atoms. The maximum absolute atomic E-state index is 12.5. The number of hydrogen-bond donors (Lipinski definition) is 5. The number of aliphatic hydroxyl groups is 4. The van der Waals surface area contributed by atoms with Gasteiger partial charge in [-0.05, 0) is 89.9 Å². The van der Waals surface area contributed by atoms with E-state index in [2.05, 4.69) is 79.9 Å². The van der Waals surface area contributed by atoms with E-state index in [1.807, 2.05) is 0 Å². The van der Waals surface area contributed by atoms with Crippen molar-refractivity contribution in [2.75, 3.05) is 6.61 Å². The predicted molar refractivity (Wildman–Crippen MR) is 251 cm³/mol. The summed E-state index contributed by atoms with van der Waals surface area (Å²) in [6.45, 7) is 4.01. The Balaban J connectivity index is 3.80. The van der Waals surface area contributed by atoms with Gasteiger partial charge in [0.15, 0.2) is 0 Å². The molecule has 0 saturated heterocycles. The lowest BCUT2D eigenvalue weighted by molar-refractivity contribution is -0.132. The summed E-state index contributed by atoms with van der Waals surface area (Å²) in [6.07, 6.45) is 58.3. The Kier molecular flexibility index (Phi) is 44.5. The van der Waals surface area contributed by atoms with Crippen LogP contribution >= 0.6 is 0 Å². The second-order valence-corrected chi connectivity index (χ2v) is 16.8. The molecule has 1 amide bonds. The zero-order valence-corrected chi connectivity index (χ0v) is 38.0. The molecule has 0 aliphatic rings. The van der Waals surface area contributed by atoms with Crippen LogP contribution in [0.3, 0.4) is 0 Å². The summed E-state index contributed by atoms with van der Waals surface area (Å²) in [5, 5.41) is 43.8. The van der Waals surface area contributed by atoms with Crippen LogP contribution in [0.1, 0.15) is 232 Å². The highest BCUT2D eigenvalue weighted by molar-refractivity contribution is 5.80. The molecular weight excluding hydrogens is 719 g/mol. The molecule has 0 radical (unpaired) electrons. The topological polar surface area (TPSA) is 110 Å². The minimum Gasteiger partial charge on any atom is -0.394 e. The van der Waals surface area contributed by atoms with Crippen LogP contribution in [0.4, 0.5) is 0 Å². The van der Waals surface area contributed by atoms with Gasteiger partial charge in [0.2, 0.25) is 5.91 Å². The fourth-order valence-corrected chi connectivity index (χ4v) is 7.25. The third-order valence-corrected chi connectivity index (χ3v) is 11.2. The van der Waals surface area contributed by atoms with Gasteiger partial charge < -0.3 is 25.7 Å².